The Morgan fingerprint density at radius 2 is 2.28 bits per heavy atom. The molecule has 1 atom stereocenters. The first kappa shape index (κ1) is 16.0. The summed E-state index contributed by atoms with van der Waals surface area (Å²) < 4.78 is 21.0. The van der Waals surface area contributed by atoms with Crippen molar-refractivity contribution >= 4 is 11.9 Å². The van der Waals surface area contributed by atoms with Crippen LogP contribution in [-0.4, -0.2) is 51.8 Å². The third kappa shape index (κ3) is 3.09. The van der Waals surface area contributed by atoms with Gasteiger partial charge >= 0.3 is 0 Å². The Labute approximate surface area is 144 Å². The van der Waals surface area contributed by atoms with E-state index in [-0.39, 0.29) is 23.7 Å². The number of halogens is 1. The van der Waals surface area contributed by atoms with Gasteiger partial charge < -0.3 is 15.0 Å². The lowest BCUT2D eigenvalue weighted by Gasteiger charge is -2.32. The minimum Gasteiger partial charge on any atom is -0.370 e. The minimum atomic E-state index is -0.271. The van der Waals surface area contributed by atoms with Crippen LogP contribution in [0.1, 0.15) is 34.3 Å². The standard InChI is InChI=1S/C17H20FN5O2/c1-11-9-12(3-4-13(11)18)14-10-22(7-8-25-14)16(24)15-20-17-19-5-2-6-23(17)21-15/h3-4,9,14H,2,5-8,10H2,1H3,(H,19,20,21). The fourth-order valence-corrected chi connectivity index (χ4v) is 3.19. The fourth-order valence-electron chi connectivity index (χ4n) is 3.19. The van der Waals surface area contributed by atoms with E-state index in [2.05, 4.69) is 15.4 Å². The molecule has 0 radical (unpaired) electrons. The molecule has 1 fully saturated rings. The van der Waals surface area contributed by atoms with Gasteiger partial charge in [0, 0.05) is 19.6 Å². The number of benzene rings is 1. The summed E-state index contributed by atoms with van der Waals surface area (Å²) in [6.45, 7) is 4.66. The minimum absolute atomic E-state index is 0.198. The molecule has 8 heteroatoms. The van der Waals surface area contributed by atoms with Crippen molar-refractivity contribution in [3.05, 3.63) is 41.0 Å². The van der Waals surface area contributed by atoms with Gasteiger partial charge in [0.2, 0.25) is 11.8 Å². The molecule has 0 saturated carbocycles. The van der Waals surface area contributed by atoms with Crippen LogP contribution in [-0.2, 0) is 11.3 Å². The molecule has 7 nitrogen and oxygen atoms in total. The Bertz CT molecular complexity index is 783. The number of rotatable bonds is 2. The predicted molar refractivity (Wildman–Crippen MR) is 88.9 cm³/mol. The van der Waals surface area contributed by atoms with Crippen LogP contribution in [0.3, 0.4) is 0 Å². The summed E-state index contributed by atoms with van der Waals surface area (Å²) in [6.07, 6.45) is 0.695. The number of amides is 1. The second-order valence-electron chi connectivity index (χ2n) is 6.38. The monoisotopic (exact) mass is 345 g/mol. The number of fused-ring (bicyclic) bond motifs is 1. The van der Waals surface area contributed by atoms with Crippen molar-refractivity contribution in [2.45, 2.75) is 26.0 Å². The van der Waals surface area contributed by atoms with Crippen LogP contribution in [0.25, 0.3) is 0 Å². The van der Waals surface area contributed by atoms with Gasteiger partial charge in [0.15, 0.2) is 0 Å². The van der Waals surface area contributed by atoms with Gasteiger partial charge in [-0.25, -0.2) is 9.07 Å². The van der Waals surface area contributed by atoms with Crippen molar-refractivity contribution in [2.75, 3.05) is 31.6 Å². The van der Waals surface area contributed by atoms with Gasteiger partial charge in [-0.05, 0) is 30.5 Å². The lowest BCUT2D eigenvalue weighted by Crippen LogP contribution is -2.42. The zero-order valence-corrected chi connectivity index (χ0v) is 14.0. The van der Waals surface area contributed by atoms with Crippen LogP contribution in [0, 0.1) is 12.7 Å². The topological polar surface area (TPSA) is 72.3 Å². The van der Waals surface area contributed by atoms with E-state index in [0.717, 1.165) is 25.1 Å². The van der Waals surface area contributed by atoms with Crippen molar-refractivity contribution in [2.24, 2.45) is 0 Å². The summed E-state index contributed by atoms with van der Waals surface area (Å²) in [5.74, 6) is 0.414. The molecule has 1 unspecified atom stereocenters. The first-order chi connectivity index (χ1) is 12.1. The van der Waals surface area contributed by atoms with E-state index in [4.69, 9.17) is 4.74 Å². The number of morpholine rings is 1. The van der Waals surface area contributed by atoms with E-state index in [0.29, 0.717) is 31.2 Å². The molecule has 25 heavy (non-hydrogen) atoms. The van der Waals surface area contributed by atoms with E-state index in [9.17, 15) is 9.18 Å². The number of aryl methyl sites for hydroxylation is 2. The maximum absolute atomic E-state index is 13.5. The van der Waals surface area contributed by atoms with Crippen molar-refractivity contribution in [1.29, 1.82) is 0 Å². The number of carbonyl (C=O) groups is 1. The highest BCUT2D eigenvalue weighted by Gasteiger charge is 2.29. The van der Waals surface area contributed by atoms with E-state index in [1.807, 2.05) is 0 Å². The molecule has 1 aromatic heterocycles. The van der Waals surface area contributed by atoms with Crippen LogP contribution in [0.4, 0.5) is 10.3 Å². The molecule has 1 N–H and O–H groups in total. The second-order valence-corrected chi connectivity index (χ2v) is 6.38. The van der Waals surface area contributed by atoms with Gasteiger partial charge in [0.25, 0.3) is 5.91 Å². The summed E-state index contributed by atoms with van der Waals surface area (Å²) in [6, 6.07) is 4.91. The maximum Gasteiger partial charge on any atom is 0.293 e. The average molecular weight is 345 g/mol. The SMILES string of the molecule is Cc1cc(C2CN(C(=O)c3nc4n(n3)CCCN4)CCO2)ccc1F. The Morgan fingerprint density at radius 1 is 1.40 bits per heavy atom. The van der Waals surface area contributed by atoms with Crippen LogP contribution in [0.5, 0.6) is 0 Å². The van der Waals surface area contributed by atoms with E-state index in [1.54, 1.807) is 28.6 Å². The predicted octanol–water partition coefficient (Wildman–Crippen LogP) is 1.75. The van der Waals surface area contributed by atoms with Gasteiger partial charge in [0.05, 0.1) is 13.2 Å². The van der Waals surface area contributed by atoms with Gasteiger partial charge in [-0.2, -0.15) is 4.98 Å². The number of anilines is 1. The first-order valence-corrected chi connectivity index (χ1v) is 8.47. The molecule has 132 valence electrons. The Morgan fingerprint density at radius 3 is 3.08 bits per heavy atom. The largest absolute Gasteiger partial charge is 0.370 e. The smallest absolute Gasteiger partial charge is 0.293 e. The third-order valence-corrected chi connectivity index (χ3v) is 4.60. The molecule has 1 aromatic carbocycles. The quantitative estimate of drug-likeness (QED) is 0.898. The highest BCUT2D eigenvalue weighted by atomic mass is 19.1. The first-order valence-electron chi connectivity index (χ1n) is 8.47. The molecular weight excluding hydrogens is 325 g/mol. The molecular formula is C17H20FN5O2. The van der Waals surface area contributed by atoms with Crippen LogP contribution >= 0.6 is 0 Å². The van der Waals surface area contributed by atoms with Crippen molar-refractivity contribution in [3.8, 4) is 0 Å². The molecule has 3 heterocycles. The molecule has 4 rings (SSSR count). The number of ether oxygens (including phenoxy) is 1. The van der Waals surface area contributed by atoms with Crippen molar-refractivity contribution in [3.63, 3.8) is 0 Å². The third-order valence-electron chi connectivity index (χ3n) is 4.60. The summed E-state index contributed by atoms with van der Waals surface area (Å²) in [4.78, 5) is 18.8. The lowest BCUT2D eigenvalue weighted by atomic mass is 10.0. The molecule has 1 saturated heterocycles. The zero-order chi connectivity index (χ0) is 17.4. The van der Waals surface area contributed by atoms with Crippen molar-refractivity contribution < 1.29 is 13.9 Å². The Balaban J connectivity index is 1.51. The summed E-state index contributed by atoms with van der Waals surface area (Å²) in [5.41, 5.74) is 1.44. The number of carbonyl (C=O) groups excluding carboxylic acids is 1. The van der Waals surface area contributed by atoms with Crippen LogP contribution < -0.4 is 5.32 Å². The highest BCUT2D eigenvalue weighted by Crippen LogP contribution is 2.25. The van der Waals surface area contributed by atoms with E-state index in [1.165, 1.54) is 6.07 Å². The normalized spacial score (nSPS) is 20.1. The number of nitrogens with zero attached hydrogens (tertiary/aromatic N) is 4. The summed E-state index contributed by atoms with van der Waals surface area (Å²) in [5, 5.41) is 7.46. The molecule has 1 amide bonds. The van der Waals surface area contributed by atoms with Gasteiger partial charge in [-0.1, -0.05) is 12.1 Å². The maximum atomic E-state index is 13.5. The number of nitrogens with one attached hydrogen (secondary N) is 1. The average Bonchev–Trinajstić information content (AvgIpc) is 3.07. The number of hydrogen-bond acceptors (Lipinski definition) is 5. The Kier molecular flexibility index (Phi) is 4.12. The van der Waals surface area contributed by atoms with E-state index < -0.39 is 0 Å². The second kappa shape index (κ2) is 6.44. The van der Waals surface area contributed by atoms with Crippen LogP contribution in [0.15, 0.2) is 18.2 Å². The highest BCUT2D eigenvalue weighted by molar-refractivity contribution is 5.90. The molecule has 0 bridgehead atoms. The molecule has 2 aromatic rings. The van der Waals surface area contributed by atoms with Crippen LogP contribution in [0.2, 0.25) is 0 Å². The van der Waals surface area contributed by atoms with E-state index >= 15 is 0 Å². The van der Waals surface area contributed by atoms with Gasteiger partial charge in [-0.3, -0.25) is 4.79 Å². The molecule has 2 aliphatic rings. The van der Waals surface area contributed by atoms with Gasteiger partial charge in [0.1, 0.15) is 11.9 Å². The van der Waals surface area contributed by atoms with Gasteiger partial charge in [-0.15, -0.1) is 5.10 Å². The molecule has 0 aliphatic carbocycles. The lowest BCUT2D eigenvalue weighted by molar-refractivity contribution is -0.0232. The summed E-state index contributed by atoms with van der Waals surface area (Å²) in [7, 11) is 0. The Hall–Kier alpha value is -2.48. The number of aromatic nitrogens is 3. The van der Waals surface area contributed by atoms with Crippen molar-refractivity contribution in [1.82, 2.24) is 19.7 Å². The molecule has 0 spiro atoms. The zero-order valence-electron chi connectivity index (χ0n) is 14.0. The molecule has 2 aliphatic heterocycles. The summed E-state index contributed by atoms with van der Waals surface area (Å²) >= 11 is 0. The number of hydrogen-bond donors (Lipinski definition) is 1. The fraction of sp³-hybridized carbons (Fsp3) is 0.471.